The summed E-state index contributed by atoms with van der Waals surface area (Å²) in [6, 6.07) is 16.0. The maximum absolute atomic E-state index is 14.6. The molecule has 4 unspecified atom stereocenters. The minimum atomic E-state index is -1.72. The van der Waals surface area contributed by atoms with E-state index in [9.17, 15) is 39.0 Å². The molecule has 11 atom stereocenters. The fourth-order valence-corrected chi connectivity index (χ4v) is 10.6. The average molecular weight is 873 g/mol. The molecule has 4 fully saturated rings. The van der Waals surface area contributed by atoms with Crippen LogP contribution in [0.15, 0.2) is 72.3 Å². The number of aldehydes is 1. The summed E-state index contributed by atoms with van der Waals surface area (Å²) in [4.78, 5) is 71.8. The van der Waals surface area contributed by atoms with Crippen LogP contribution in [-0.2, 0) is 33.4 Å². The lowest BCUT2D eigenvalue weighted by Gasteiger charge is -2.57. The Balaban J connectivity index is 0.000000246. The molecule has 3 saturated carbocycles. The molecular weight excluding hydrogens is 809 g/mol. The Hall–Kier alpha value is -5.36. The number of aliphatic carboxylic acids is 1. The molecule has 2 aromatic carbocycles. The number of ether oxygens (including phenoxy) is 3. The van der Waals surface area contributed by atoms with E-state index in [0.717, 1.165) is 17.4 Å². The van der Waals surface area contributed by atoms with E-state index >= 15 is 0 Å². The molecule has 1 heterocycles. The summed E-state index contributed by atoms with van der Waals surface area (Å²) in [5.74, 6) is -2.91. The number of Topliss-reactive ketones (excluding diaryl/α,β-unsaturated/α-hetero) is 1. The van der Waals surface area contributed by atoms with Crippen molar-refractivity contribution in [1.82, 2.24) is 10.6 Å². The molecule has 7 rings (SSSR count). The van der Waals surface area contributed by atoms with Crippen LogP contribution in [0.1, 0.15) is 110 Å². The van der Waals surface area contributed by atoms with E-state index in [2.05, 4.69) is 30.4 Å². The SMILES string of the molecule is C#C.CC(=O)O[C@H]1C(=O)C23C(C[C@H]4OC[C@@]4(OC(C)=O)C2CC[C@]2(O)CC=C(C)C1C2(C)C)[C@@H]3C.CC(C)(C)NC(=O)N[C@@H](c1ccccc1)[C@@H](O)C(=O)O.O=Cc1ccccc1. The Kier molecular flexibility index (Phi) is 15.6. The first-order valence-electron chi connectivity index (χ1n) is 21.3. The van der Waals surface area contributed by atoms with Gasteiger partial charge in [-0.1, -0.05) is 93.1 Å². The van der Waals surface area contributed by atoms with Crippen molar-refractivity contribution in [2.45, 2.75) is 129 Å². The number of aliphatic hydroxyl groups is 2. The van der Waals surface area contributed by atoms with Crippen LogP contribution < -0.4 is 10.6 Å². The summed E-state index contributed by atoms with van der Waals surface area (Å²) >= 11 is 0. The highest BCUT2D eigenvalue weighted by molar-refractivity contribution is 5.95. The summed E-state index contributed by atoms with van der Waals surface area (Å²) in [6.07, 6.45) is 10.0. The minimum Gasteiger partial charge on any atom is -0.479 e. The number of aliphatic hydroxyl groups excluding tert-OH is 1. The van der Waals surface area contributed by atoms with Gasteiger partial charge in [0, 0.05) is 47.6 Å². The van der Waals surface area contributed by atoms with E-state index in [1.807, 2.05) is 45.0 Å². The van der Waals surface area contributed by atoms with Crippen molar-refractivity contribution in [3.8, 4) is 12.8 Å². The van der Waals surface area contributed by atoms with E-state index in [4.69, 9.17) is 19.3 Å². The van der Waals surface area contributed by atoms with Crippen molar-refractivity contribution < 1.29 is 58.3 Å². The molecule has 342 valence electrons. The fourth-order valence-electron chi connectivity index (χ4n) is 10.6. The first-order valence-corrected chi connectivity index (χ1v) is 21.3. The molecule has 5 aliphatic rings. The number of rotatable bonds is 7. The van der Waals surface area contributed by atoms with Crippen LogP contribution in [0, 0.1) is 47.3 Å². The van der Waals surface area contributed by atoms with Crippen LogP contribution in [0.5, 0.6) is 0 Å². The molecule has 2 bridgehead atoms. The van der Waals surface area contributed by atoms with Gasteiger partial charge in [0.1, 0.15) is 12.4 Å². The average Bonchev–Trinajstić information content (AvgIpc) is 3.81. The van der Waals surface area contributed by atoms with Crippen molar-refractivity contribution in [1.29, 1.82) is 0 Å². The molecule has 14 nitrogen and oxygen atoms in total. The number of carboxylic acids is 1. The number of amides is 2. The molecule has 5 N–H and O–H groups in total. The van der Waals surface area contributed by atoms with Crippen molar-refractivity contribution in [2.75, 3.05) is 6.61 Å². The van der Waals surface area contributed by atoms with Crippen LogP contribution in [0.4, 0.5) is 4.79 Å². The zero-order valence-electron chi connectivity index (χ0n) is 37.8. The van der Waals surface area contributed by atoms with E-state index in [1.54, 1.807) is 63.2 Å². The smallest absolute Gasteiger partial charge is 0.335 e. The highest BCUT2D eigenvalue weighted by atomic mass is 16.6. The Morgan fingerprint density at radius 1 is 0.984 bits per heavy atom. The molecule has 63 heavy (non-hydrogen) atoms. The maximum atomic E-state index is 14.6. The topological polar surface area (TPSA) is 215 Å². The number of hydrogen-bond donors (Lipinski definition) is 5. The van der Waals surface area contributed by atoms with Gasteiger partial charge in [0.2, 0.25) is 0 Å². The van der Waals surface area contributed by atoms with Crippen LogP contribution in [0.25, 0.3) is 0 Å². The first-order chi connectivity index (χ1) is 29.5. The predicted octanol–water partition coefficient (Wildman–Crippen LogP) is 6.00. The first kappa shape index (κ1) is 50.3. The Morgan fingerprint density at radius 3 is 2.05 bits per heavy atom. The molecule has 14 heteroatoms. The van der Waals surface area contributed by atoms with Gasteiger partial charge in [-0.25, -0.2) is 9.59 Å². The lowest BCUT2D eigenvalue weighted by atomic mass is 9.56. The number of ketones is 1. The molecule has 1 saturated heterocycles. The van der Waals surface area contributed by atoms with E-state index < -0.39 is 69.7 Å². The van der Waals surface area contributed by atoms with Crippen molar-refractivity contribution in [3.63, 3.8) is 0 Å². The van der Waals surface area contributed by atoms with Gasteiger partial charge in [-0.05, 0) is 70.8 Å². The number of benzene rings is 2. The Bertz CT molecular complexity index is 2040. The third-order valence-electron chi connectivity index (χ3n) is 13.7. The third-order valence-corrected chi connectivity index (χ3v) is 13.7. The summed E-state index contributed by atoms with van der Waals surface area (Å²) in [6.45, 7) is 16.4. The molecule has 4 aliphatic carbocycles. The van der Waals surface area contributed by atoms with E-state index in [0.29, 0.717) is 31.2 Å². The van der Waals surface area contributed by atoms with Crippen LogP contribution >= 0.6 is 0 Å². The molecule has 1 spiro atoms. The molecule has 0 radical (unpaired) electrons. The van der Waals surface area contributed by atoms with Gasteiger partial charge >= 0.3 is 23.9 Å². The summed E-state index contributed by atoms with van der Waals surface area (Å²) in [5, 5.41) is 35.8. The number of carbonyl (C=O) groups is 6. The second-order valence-electron chi connectivity index (χ2n) is 18.8. The number of hydrogen-bond acceptors (Lipinski definition) is 11. The van der Waals surface area contributed by atoms with E-state index in [1.165, 1.54) is 13.8 Å². The summed E-state index contributed by atoms with van der Waals surface area (Å²) < 4.78 is 17.7. The predicted molar refractivity (Wildman–Crippen MR) is 234 cm³/mol. The molecular formula is C49H64N2O12. The Morgan fingerprint density at radius 2 is 1.57 bits per heavy atom. The van der Waals surface area contributed by atoms with Gasteiger partial charge in [0.15, 0.2) is 23.6 Å². The second-order valence-corrected chi connectivity index (χ2v) is 18.8. The molecule has 1 aliphatic heterocycles. The fraction of sp³-hybridized carbons (Fsp3) is 0.551. The van der Waals surface area contributed by atoms with Gasteiger partial charge in [0.25, 0.3) is 0 Å². The zero-order chi connectivity index (χ0) is 47.3. The van der Waals surface area contributed by atoms with Crippen LogP contribution in [0.3, 0.4) is 0 Å². The van der Waals surface area contributed by atoms with Gasteiger partial charge in [-0.2, -0.15) is 0 Å². The monoisotopic (exact) mass is 872 g/mol. The molecule has 0 aromatic heterocycles. The van der Waals surface area contributed by atoms with Crippen molar-refractivity contribution in [2.24, 2.45) is 34.5 Å². The highest BCUT2D eigenvalue weighted by Gasteiger charge is 2.82. The van der Waals surface area contributed by atoms with Crippen LogP contribution in [0.2, 0.25) is 0 Å². The van der Waals surface area contributed by atoms with E-state index in [-0.39, 0.29) is 42.2 Å². The van der Waals surface area contributed by atoms with Gasteiger partial charge < -0.3 is 40.2 Å². The maximum Gasteiger partial charge on any atom is 0.335 e. The third kappa shape index (κ3) is 10.1. The van der Waals surface area contributed by atoms with Crippen molar-refractivity contribution in [3.05, 3.63) is 83.4 Å². The Labute approximate surface area is 370 Å². The lowest BCUT2D eigenvalue weighted by Crippen LogP contribution is -2.70. The number of carboxylic acid groups (broad SMARTS) is 1. The lowest BCUT2D eigenvalue weighted by molar-refractivity contribution is -0.296. The molecule has 2 amide bonds. The number of terminal acetylenes is 1. The van der Waals surface area contributed by atoms with Gasteiger partial charge in [-0.3, -0.25) is 19.2 Å². The minimum absolute atomic E-state index is 0.0645. The van der Waals surface area contributed by atoms with Gasteiger partial charge in [-0.15, -0.1) is 12.8 Å². The number of fused-ring (bicyclic) bond motifs is 4. The quantitative estimate of drug-likeness (QED) is 0.0939. The highest BCUT2D eigenvalue weighted by Crippen LogP contribution is 2.76. The number of esters is 2. The number of nitrogens with one attached hydrogen (secondary N) is 2. The van der Waals surface area contributed by atoms with Gasteiger partial charge in [0.05, 0.1) is 18.2 Å². The van der Waals surface area contributed by atoms with Crippen molar-refractivity contribution >= 4 is 36.0 Å². The standard InChI is InChI=1S/C26H36O7.C14H20N2O4.C7H6O.C2H2/c1-13-7-9-24(30)10-8-18-25(33-16(4)28)12-31-19(25)11-17-14(2)26(17,18)22(29)21(32-15(3)27)20(13)23(24,5)6;1-14(2,3)16-13(20)15-10(11(17)12(18)19)9-7-5-4-6-8-9;8-6-7-4-2-1-3-5-7;1-2/h7,14,17-21,30H,8-12H2,1-6H3;4-8,10-11,17H,1-3H3,(H,18,19)(H2,15,16,20);1-6H;1-2H/t14-,17?,18?,19+,20?,21+,24+,25+,26?;10-,11+;;/m00../s1. The second kappa shape index (κ2) is 19.6. The number of carbonyl (C=O) groups excluding carboxylic acids is 5. The zero-order valence-corrected chi connectivity index (χ0v) is 37.8. The summed E-state index contributed by atoms with van der Waals surface area (Å²) in [7, 11) is 0. The number of urea groups is 1. The summed E-state index contributed by atoms with van der Waals surface area (Å²) in [5.41, 5.74) is -1.63. The van der Waals surface area contributed by atoms with Crippen LogP contribution in [-0.4, -0.2) is 93.0 Å². The normalized spacial score (nSPS) is 31.5. The largest absolute Gasteiger partial charge is 0.479 e. The molecule has 2 aromatic rings.